The summed E-state index contributed by atoms with van der Waals surface area (Å²) in [5.74, 6) is -1.60. The van der Waals surface area contributed by atoms with Crippen molar-refractivity contribution in [1.82, 2.24) is 14.8 Å². The molecule has 6 heterocycles. The molecule has 3 N–H and O–H groups in total. The monoisotopic (exact) mass is 888 g/mol. The Kier molecular flexibility index (Phi) is 9.87. The number of fused-ring (bicyclic) bond motifs is 6. The fourth-order valence-electron chi connectivity index (χ4n) is 13.5. The molecule has 3 aromatic rings. The highest BCUT2D eigenvalue weighted by atomic mass is 79.9. The van der Waals surface area contributed by atoms with Crippen LogP contribution in [-0.2, 0) is 45.8 Å². The molecule has 6 aliphatic rings. The number of likely N-dealkylation sites (N-methyl/N-ethyl adjacent to an activating group) is 1. The van der Waals surface area contributed by atoms with E-state index in [4.69, 9.17) is 18.9 Å². The second kappa shape index (κ2) is 14.3. The van der Waals surface area contributed by atoms with Crippen molar-refractivity contribution in [3.8, 4) is 5.75 Å². The number of methoxy groups -OCH3 is 3. The summed E-state index contributed by atoms with van der Waals surface area (Å²) in [7, 11) is 6.14. The molecule has 1 unspecified atom stereocenters. The highest BCUT2D eigenvalue weighted by Gasteiger charge is 2.80. The number of aliphatic hydroxyl groups is 2. The first-order chi connectivity index (χ1) is 28.6. The number of aromatic nitrogens is 1. The van der Waals surface area contributed by atoms with Crippen LogP contribution in [0.3, 0.4) is 0 Å². The number of nitrogens with one attached hydrogen (secondary N) is 1. The Morgan fingerprint density at radius 3 is 2.42 bits per heavy atom. The molecule has 13 nitrogen and oxygen atoms in total. The first kappa shape index (κ1) is 41.4. The molecule has 1 aromatic heterocycles. The number of halogens is 1. The molecule has 60 heavy (non-hydrogen) atoms. The number of hydrogen-bond donors (Lipinski definition) is 3. The SMILES string of the molecule is CC[C@]1(O)C[C@H]2CN(CCc3c([nH]c4ccc(Br)cc34)[C@@](C(=O)OC)(c3cc4c(cc3OC)N(C)[C@H]3[C@@](O)(C(=O)OC)[C@H](OC(C)=O)[C@]5(CC)C=CCN6CC[C@]43[C@@H]65)C2)C1. The van der Waals surface area contributed by atoms with Crippen molar-refractivity contribution in [3.05, 3.63) is 69.3 Å². The van der Waals surface area contributed by atoms with E-state index < -0.39 is 57.5 Å². The zero-order valence-electron chi connectivity index (χ0n) is 35.6. The number of esters is 3. The van der Waals surface area contributed by atoms with E-state index in [1.165, 1.54) is 21.1 Å². The molecular weight excluding hydrogens is 832 g/mol. The average molecular weight is 890 g/mol. The number of anilines is 1. The Balaban J connectivity index is 1.37. The third-order valence-electron chi connectivity index (χ3n) is 15.7. The number of rotatable bonds is 7. The Hall–Kier alpha value is -3.95. The third kappa shape index (κ3) is 5.39. The Bertz CT molecular complexity index is 2320. The normalized spacial score (nSPS) is 36.6. The van der Waals surface area contributed by atoms with Crippen LogP contribution in [0.2, 0.25) is 0 Å². The summed E-state index contributed by atoms with van der Waals surface area (Å²) in [5, 5.41) is 26.3. The van der Waals surface area contributed by atoms with Crippen molar-refractivity contribution in [2.45, 2.75) is 99.5 Å². The maximum Gasteiger partial charge on any atom is 0.344 e. The van der Waals surface area contributed by atoms with Crippen LogP contribution in [0.25, 0.3) is 10.9 Å². The van der Waals surface area contributed by atoms with Crippen LogP contribution in [0.4, 0.5) is 5.69 Å². The third-order valence-corrected chi connectivity index (χ3v) is 16.1. The van der Waals surface area contributed by atoms with E-state index in [9.17, 15) is 19.8 Å². The summed E-state index contributed by atoms with van der Waals surface area (Å²) in [6, 6.07) is 8.91. The van der Waals surface area contributed by atoms with Crippen LogP contribution in [0.5, 0.6) is 5.75 Å². The quantitative estimate of drug-likeness (QED) is 0.171. The topological polar surface area (TPSA) is 154 Å². The lowest BCUT2D eigenvalue weighted by Crippen LogP contribution is -2.81. The van der Waals surface area contributed by atoms with Gasteiger partial charge in [0, 0.05) is 95.4 Å². The minimum Gasteiger partial charge on any atom is -0.496 e. The molecule has 1 aliphatic carbocycles. The number of H-pyrrole nitrogens is 1. The average Bonchev–Trinajstić information content (AvgIpc) is 3.89. The van der Waals surface area contributed by atoms with Crippen molar-refractivity contribution in [1.29, 1.82) is 0 Å². The molecule has 322 valence electrons. The molecule has 2 aromatic carbocycles. The van der Waals surface area contributed by atoms with Gasteiger partial charge in [-0.3, -0.25) is 19.4 Å². The van der Waals surface area contributed by atoms with Gasteiger partial charge in [0.25, 0.3) is 0 Å². The van der Waals surface area contributed by atoms with Crippen LogP contribution in [0.1, 0.15) is 75.3 Å². The second-order valence-corrected chi connectivity index (χ2v) is 19.3. The Morgan fingerprint density at radius 2 is 1.73 bits per heavy atom. The molecule has 10 atom stereocenters. The van der Waals surface area contributed by atoms with E-state index in [0.717, 1.165) is 37.9 Å². The predicted molar refractivity (Wildman–Crippen MR) is 228 cm³/mol. The van der Waals surface area contributed by atoms with Crippen LogP contribution >= 0.6 is 15.9 Å². The predicted octanol–water partition coefficient (Wildman–Crippen LogP) is 4.75. The van der Waals surface area contributed by atoms with E-state index >= 15 is 4.79 Å². The number of carbonyl (C=O) groups is 3. The molecule has 1 spiro atoms. The van der Waals surface area contributed by atoms with E-state index in [-0.39, 0.29) is 12.0 Å². The Labute approximate surface area is 359 Å². The second-order valence-electron chi connectivity index (χ2n) is 18.3. The number of benzene rings is 2. The van der Waals surface area contributed by atoms with Gasteiger partial charge in [-0.15, -0.1) is 0 Å². The van der Waals surface area contributed by atoms with Crippen molar-refractivity contribution < 1.29 is 43.5 Å². The maximum absolute atomic E-state index is 15.4. The standard InChI is InChI=1S/C46H57BrN4O9/c1-8-42(55)22-27-23-45(40(53)58-6,36-29(13-17-50(24-27)25-42)30-19-28(47)11-12-33(30)48-36)32-20-31-34(21-35(32)57-5)49(4)38-44(31)15-18-51-16-10-14-43(9-2,37(44)51)39(60-26(3)52)46(38,56)41(54)59-7/h10-12,14,19-21,27,37-39,48,55-56H,8-9,13,15-18,22-25H2,1-7H3/t27-,37+,38-,39-,42+,43-,44-,45+,46+/m1/s1. The van der Waals surface area contributed by atoms with Gasteiger partial charge < -0.3 is 39.0 Å². The van der Waals surface area contributed by atoms with Gasteiger partial charge in [0.1, 0.15) is 11.2 Å². The largest absolute Gasteiger partial charge is 0.496 e. The van der Waals surface area contributed by atoms with Crippen molar-refractivity contribution in [2.24, 2.45) is 11.3 Å². The number of carbonyl (C=O) groups excluding carboxylic acids is 3. The van der Waals surface area contributed by atoms with E-state index in [1.807, 2.05) is 50.1 Å². The molecule has 0 amide bonds. The van der Waals surface area contributed by atoms with Crippen LogP contribution in [0.15, 0.2) is 47.0 Å². The van der Waals surface area contributed by atoms with Crippen molar-refractivity contribution >= 4 is 50.4 Å². The molecule has 3 fully saturated rings. The lowest BCUT2D eigenvalue weighted by molar-refractivity contribution is -0.228. The van der Waals surface area contributed by atoms with Crippen LogP contribution in [0, 0.1) is 11.3 Å². The summed E-state index contributed by atoms with van der Waals surface area (Å²) in [4.78, 5) is 53.3. The lowest BCUT2D eigenvalue weighted by Gasteiger charge is -2.63. The summed E-state index contributed by atoms with van der Waals surface area (Å²) in [6.45, 7) is 8.57. The van der Waals surface area contributed by atoms with Crippen LogP contribution < -0.4 is 9.64 Å². The highest BCUT2D eigenvalue weighted by molar-refractivity contribution is 9.10. The molecule has 0 radical (unpaired) electrons. The number of nitrogens with zero attached hydrogens (tertiary/aromatic N) is 3. The summed E-state index contributed by atoms with van der Waals surface area (Å²) in [5.41, 5.74) is -1.76. The summed E-state index contributed by atoms with van der Waals surface area (Å²) < 4.78 is 24.9. The minimum absolute atomic E-state index is 0.111. The van der Waals surface area contributed by atoms with Crippen molar-refractivity contribution in [2.75, 3.05) is 66.0 Å². The molecule has 5 aliphatic heterocycles. The lowest BCUT2D eigenvalue weighted by atomic mass is 9.47. The molecule has 2 saturated heterocycles. The molecular formula is C46H57BrN4O9. The number of aromatic amines is 1. The zero-order valence-corrected chi connectivity index (χ0v) is 37.2. The van der Waals surface area contributed by atoms with Gasteiger partial charge in [-0.2, -0.15) is 0 Å². The fraction of sp³-hybridized carbons (Fsp3) is 0.587. The van der Waals surface area contributed by atoms with Gasteiger partial charge in [-0.25, -0.2) is 4.79 Å². The number of hydrogen-bond acceptors (Lipinski definition) is 12. The van der Waals surface area contributed by atoms with E-state index in [1.54, 1.807) is 7.11 Å². The smallest absolute Gasteiger partial charge is 0.344 e. The van der Waals surface area contributed by atoms with Gasteiger partial charge in [-0.1, -0.05) is 41.9 Å². The first-order valence-corrected chi connectivity index (χ1v) is 22.1. The highest BCUT2D eigenvalue weighted by Crippen LogP contribution is 2.68. The van der Waals surface area contributed by atoms with Gasteiger partial charge in [-0.05, 0) is 86.4 Å². The molecule has 9 rings (SSSR count). The van der Waals surface area contributed by atoms with Gasteiger partial charge in [0.05, 0.1) is 33.0 Å². The minimum atomic E-state index is -2.31. The van der Waals surface area contributed by atoms with Gasteiger partial charge in [0.15, 0.2) is 6.10 Å². The molecule has 2 bridgehead atoms. The summed E-state index contributed by atoms with van der Waals surface area (Å²) in [6.07, 6.45) is 5.88. The van der Waals surface area contributed by atoms with Gasteiger partial charge >= 0.3 is 17.9 Å². The number of piperidine rings is 1. The molecule has 14 heteroatoms. The van der Waals surface area contributed by atoms with Crippen LogP contribution in [-0.4, -0.2) is 133 Å². The van der Waals surface area contributed by atoms with Gasteiger partial charge in [0.2, 0.25) is 5.60 Å². The fourth-order valence-corrected chi connectivity index (χ4v) is 13.9. The maximum atomic E-state index is 15.4. The first-order valence-electron chi connectivity index (χ1n) is 21.3. The summed E-state index contributed by atoms with van der Waals surface area (Å²) >= 11 is 3.71. The molecule has 1 saturated carbocycles. The van der Waals surface area contributed by atoms with E-state index in [2.05, 4.69) is 48.9 Å². The Morgan fingerprint density at radius 1 is 0.967 bits per heavy atom. The van der Waals surface area contributed by atoms with E-state index in [0.29, 0.717) is 82.6 Å². The number of ether oxygens (including phenoxy) is 4. The zero-order chi connectivity index (χ0) is 42.7. The van der Waals surface area contributed by atoms with Crippen molar-refractivity contribution in [3.63, 3.8) is 0 Å².